The standard InChI is InChI=1S/C12H15N5O/c13-12(5-1-2-6-12)11(18)16-10-3-7-14-9-4-8-15-17(9)10/h3-4,7-8H,1-2,5-6,13H2,(H,16,18). The van der Waals surface area contributed by atoms with Crippen LogP contribution in [0.25, 0.3) is 5.65 Å². The van der Waals surface area contributed by atoms with Gasteiger partial charge in [0.25, 0.3) is 0 Å². The highest BCUT2D eigenvalue weighted by Gasteiger charge is 2.37. The van der Waals surface area contributed by atoms with Gasteiger partial charge in [0.15, 0.2) is 5.65 Å². The maximum absolute atomic E-state index is 12.2. The summed E-state index contributed by atoms with van der Waals surface area (Å²) in [6, 6.07) is 3.50. The van der Waals surface area contributed by atoms with Crippen LogP contribution in [0.1, 0.15) is 25.7 Å². The largest absolute Gasteiger partial charge is 0.317 e. The van der Waals surface area contributed by atoms with E-state index in [2.05, 4.69) is 15.4 Å². The highest BCUT2D eigenvalue weighted by atomic mass is 16.2. The average Bonchev–Trinajstić information content (AvgIpc) is 2.98. The van der Waals surface area contributed by atoms with Crippen molar-refractivity contribution in [1.82, 2.24) is 14.6 Å². The number of anilines is 1. The van der Waals surface area contributed by atoms with E-state index in [1.807, 2.05) is 0 Å². The van der Waals surface area contributed by atoms with Crippen LogP contribution in [0.4, 0.5) is 5.82 Å². The molecule has 0 radical (unpaired) electrons. The Morgan fingerprint density at radius 1 is 1.33 bits per heavy atom. The molecule has 0 aromatic carbocycles. The van der Waals surface area contributed by atoms with Crippen molar-refractivity contribution in [3.63, 3.8) is 0 Å². The zero-order chi connectivity index (χ0) is 12.6. The molecule has 2 aromatic heterocycles. The van der Waals surface area contributed by atoms with Crippen molar-refractivity contribution in [2.24, 2.45) is 5.73 Å². The van der Waals surface area contributed by atoms with Gasteiger partial charge in [-0.05, 0) is 18.9 Å². The number of nitrogens with zero attached hydrogens (tertiary/aromatic N) is 3. The molecule has 1 aliphatic rings. The van der Waals surface area contributed by atoms with E-state index in [-0.39, 0.29) is 5.91 Å². The number of hydrogen-bond acceptors (Lipinski definition) is 4. The molecule has 2 heterocycles. The van der Waals surface area contributed by atoms with E-state index in [1.54, 1.807) is 29.0 Å². The second-order valence-corrected chi connectivity index (χ2v) is 4.75. The van der Waals surface area contributed by atoms with Gasteiger partial charge in [-0.25, -0.2) is 4.98 Å². The molecule has 18 heavy (non-hydrogen) atoms. The van der Waals surface area contributed by atoms with Gasteiger partial charge in [0.1, 0.15) is 5.82 Å². The maximum Gasteiger partial charge on any atom is 0.245 e. The monoisotopic (exact) mass is 245 g/mol. The number of rotatable bonds is 2. The van der Waals surface area contributed by atoms with Gasteiger partial charge in [-0.2, -0.15) is 9.61 Å². The summed E-state index contributed by atoms with van der Waals surface area (Å²) in [7, 11) is 0. The molecule has 0 unspecified atom stereocenters. The Bertz CT molecular complexity index is 585. The van der Waals surface area contributed by atoms with Crippen molar-refractivity contribution in [2.45, 2.75) is 31.2 Å². The molecule has 2 aromatic rings. The second-order valence-electron chi connectivity index (χ2n) is 4.75. The van der Waals surface area contributed by atoms with Crippen molar-refractivity contribution in [3.8, 4) is 0 Å². The van der Waals surface area contributed by atoms with Gasteiger partial charge in [0.2, 0.25) is 5.91 Å². The van der Waals surface area contributed by atoms with E-state index in [0.29, 0.717) is 11.5 Å². The second kappa shape index (κ2) is 4.06. The fraction of sp³-hybridized carbons (Fsp3) is 0.417. The van der Waals surface area contributed by atoms with Gasteiger partial charge in [-0.3, -0.25) is 4.79 Å². The number of carbonyl (C=O) groups excluding carboxylic acids is 1. The molecule has 0 spiro atoms. The molecule has 0 atom stereocenters. The van der Waals surface area contributed by atoms with E-state index in [1.165, 1.54) is 0 Å². The summed E-state index contributed by atoms with van der Waals surface area (Å²) >= 11 is 0. The summed E-state index contributed by atoms with van der Waals surface area (Å²) in [6.45, 7) is 0. The predicted molar refractivity (Wildman–Crippen MR) is 67.0 cm³/mol. The molecule has 1 fully saturated rings. The van der Waals surface area contributed by atoms with Gasteiger partial charge in [-0.1, -0.05) is 12.8 Å². The molecule has 0 aliphatic heterocycles. The first-order chi connectivity index (χ1) is 8.69. The van der Waals surface area contributed by atoms with Crippen LogP contribution in [0.2, 0.25) is 0 Å². The topological polar surface area (TPSA) is 85.3 Å². The molecule has 94 valence electrons. The molecule has 0 bridgehead atoms. The molecular formula is C12H15N5O. The highest BCUT2D eigenvalue weighted by Crippen LogP contribution is 2.28. The minimum absolute atomic E-state index is 0.136. The van der Waals surface area contributed by atoms with Gasteiger partial charge in [0, 0.05) is 12.3 Å². The number of hydrogen-bond donors (Lipinski definition) is 2. The molecule has 1 amide bonds. The zero-order valence-corrected chi connectivity index (χ0v) is 9.97. The van der Waals surface area contributed by atoms with Gasteiger partial charge < -0.3 is 11.1 Å². The molecule has 3 rings (SSSR count). The van der Waals surface area contributed by atoms with Gasteiger partial charge >= 0.3 is 0 Å². The van der Waals surface area contributed by atoms with Crippen molar-refractivity contribution in [1.29, 1.82) is 0 Å². The number of fused-ring (bicyclic) bond motifs is 1. The molecule has 1 saturated carbocycles. The zero-order valence-electron chi connectivity index (χ0n) is 9.97. The number of carbonyl (C=O) groups is 1. The Morgan fingerprint density at radius 3 is 2.89 bits per heavy atom. The smallest absolute Gasteiger partial charge is 0.245 e. The first-order valence-electron chi connectivity index (χ1n) is 6.08. The molecule has 1 aliphatic carbocycles. The number of aromatic nitrogens is 3. The molecule has 3 N–H and O–H groups in total. The summed E-state index contributed by atoms with van der Waals surface area (Å²) in [6.07, 6.45) is 6.80. The summed E-state index contributed by atoms with van der Waals surface area (Å²) in [5.74, 6) is 0.467. The lowest BCUT2D eigenvalue weighted by Crippen LogP contribution is -2.48. The molecule has 6 nitrogen and oxygen atoms in total. The lowest BCUT2D eigenvalue weighted by Gasteiger charge is -2.22. The summed E-state index contributed by atoms with van der Waals surface area (Å²) in [5, 5.41) is 6.97. The van der Waals surface area contributed by atoms with E-state index >= 15 is 0 Å². The first kappa shape index (κ1) is 11.2. The Balaban J connectivity index is 1.88. The van der Waals surface area contributed by atoms with Crippen LogP contribution < -0.4 is 11.1 Å². The van der Waals surface area contributed by atoms with Crippen LogP contribution in [-0.4, -0.2) is 26.0 Å². The fourth-order valence-corrected chi connectivity index (χ4v) is 2.40. The summed E-state index contributed by atoms with van der Waals surface area (Å²) in [4.78, 5) is 16.3. The van der Waals surface area contributed by atoms with Crippen LogP contribution >= 0.6 is 0 Å². The van der Waals surface area contributed by atoms with Crippen LogP contribution in [0, 0.1) is 0 Å². The predicted octanol–water partition coefficient (Wildman–Crippen LogP) is 0.939. The average molecular weight is 245 g/mol. The Kier molecular flexibility index (Phi) is 2.52. The quantitative estimate of drug-likeness (QED) is 0.824. The number of nitrogens with two attached hydrogens (primary N) is 1. The number of amides is 1. The fourth-order valence-electron chi connectivity index (χ4n) is 2.40. The highest BCUT2D eigenvalue weighted by molar-refractivity contribution is 5.97. The third-order valence-electron chi connectivity index (χ3n) is 3.48. The maximum atomic E-state index is 12.2. The van der Waals surface area contributed by atoms with Crippen molar-refractivity contribution in [2.75, 3.05) is 5.32 Å². The van der Waals surface area contributed by atoms with Crippen LogP contribution in [0.15, 0.2) is 24.5 Å². The van der Waals surface area contributed by atoms with Gasteiger partial charge in [-0.15, -0.1) is 0 Å². The number of nitrogens with one attached hydrogen (secondary N) is 1. The minimum atomic E-state index is -0.733. The normalized spacial score (nSPS) is 18.1. The van der Waals surface area contributed by atoms with Crippen LogP contribution in [0.3, 0.4) is 0 Å². The molecular weight excluding hydrogens is 230 g/mol. The molecule has 6 heteroatoms. The van der Waals surface area contributed by atoms with E-state index in [0.717, 1.165) is 25.7 Å². The Hall–Kier alpha value is -1.95. The third kappa shape index (κ3) is 1.74. The van der Waals surface area contributed by atoms with E-state index in [9.17, 15) is 4.79 Å². The summed E-state index contributed by atoms with van der Waals surface area (Å²) < 4.78 is 1.59. The van der Waals surface area contributed by atoms with Crippen molar-refractivity contribution >= 4 is 17.4 Å². The van der Waals surface area contributed by atoms with Crippen molar-refractivity contribution < 1.29 is 4.79 Å². The van der Waals surface area contributed by atoms with E-state index < -0.39 is 5.54 Å². The van der Waals surface area contributed by atoms with Crippen LogP contribution in [-0.2, 0) is 4.79 Å². The summed E-state index contributed by atoms with van der Waals surface area (Å²) in [5.41, 5.74) is 6.08. The lowest BCUT2D eigenvalue weighted by atomic mass is 9.98. The SMILES string of the molecule is NC1(C(=O)Nc2ccnc3ccnn23)CCCC1. The molecule has 0 saturated heterocycles. The van der Waals surface area contributed by atoms with E-state index in [4.69, 9.17) is 5.73 Å². The van der Waals surface area contributed by atoms with Gasteiger partial charge in [0.05, 0.1) is 11.7 Å². The first-order valence-corrected chi connectivity index (χ1v) is 6.08. The lowest BCUT2D eigenvalue weighted by molar-refractivity contribution is -0.121. The van der Waals surface area contributed by atoms with Crippen LogP contribution in [0.5, 0.6) is 0 Å². The Labute approximate surface area is 104 Å². The third-order valence-corrected chi connectivity index (χ3v) is 3.48. The Morgan fingerprint density at radius 2 is 2.11 bits per heavy atom. The van der Waals surface area contributed by atoms with Crippen molar-refractivity contribution in [3.05, 3.63) is 24.5 Å². The minimum Gasteiger partial charge on any atom is -0.317 e.